The third kappa shape index (κ3) is 4.13. The first-order valence-electron chi connectivity index (χ1n) is 11.2. The molecule has 1 aliphatic carbocycles. The zero-order valence-corrected chi connectivity index (χ0v) is 19.8. The van der Waals surface area contributed by atoms with Crippen LogP contribution in [0.4, 0.5) is 5.69 Å². The average molecular weight is 472 g/mol. The number of carbonyl (C=O) groups excluding carboxylic acids is 2. The highest BCUT2D eigenvalue weighted by atomic mass is 16.6. The van der Waals surface area contributed by atoms with Gasteiger partial charge in [0.25, 0.3) is 5.91 Å². The number of allylic oxidation sites excluding steroid dienone is 3. The SMILES string of the molecule is COc1cc([C@@H]2C(C(=O)N3CCOCC3)=C(C)NC3=C2C(=O)CC(C)(C)C3)cc([N+](=O)[O-])c1O. The van der Waals surface area contributed by atoms with Crippen LogP contribution in [-0.2, 0) is 14.3 Å². The molecule has 0 aromatic heterocycles. The van der Waals surface area contributed by atoms with Crippen molar-refractivity contribution >= 4 is 17.4 Å². The molecule has 0 unspecified atom stereocenters. The van der Waals surface area contributed by atoms with Crippen LogP contribution in [0.2, 0.25) is 0 Å². The topological polar surface area (TPSA) is 131 Å². The molecular weight excluding hydrogens is 442 g/mol. The maximum Gasteiger partial charge on any atom is 0.314 e. The van der Waals surface area contributed by atoms with E-state index >= 15 is 0 Å². The smallest absolute Gasteiger partial charge is 0.314 e. The number of carbonyl (C=O) groups is 2. The van der Waals surface area contributed by atoms with Crippen LogP contribution in [0.1, 0.15) is 45.1 Å². The van der Waals surface area contributed by atoms with Crippen molar-refractivity contribution in [2.24, 2.45) is 5.41 Å². The largest absolute Gasteiger partial charge is 0.500 e. The van der Waals surface area contributed by atoms with Gasteiger partial charge in [-0.2, -0.15) is 0 Å². The normalized spacial score (nSPS) is 22.3. The average Bonchev–Trinajstić information content (AvgIpc) is 2.77. The van der Waals surface area contributed by atoms with Crippen molar-refractivity contribution in [3.8, 4) is 11.5 Å². The van der Waals surface area contributed by atoms with Gasteiger partial charge in [-0.1, -0.05) is 13.8 Å². The van der Waals surface area contributed by atoms with Crippen LogP contribution in [0.15, 0.2) is 34.7 Å². The first-order chi connectivity index (χ1) is 16.0. The summed E-state index contributed by atoms with van der Waals surface area (Å²) in [7, 11) is 1.30. The fraction of sp³-hybridized carbons (Fsp3) is 0.500. The number of aromatic hydroxyl groups is 1. The Bertz CT molecular complexity index is 1130. The number of hydrogen-bond acceptors (Lipinski definition) is 8. The van der Waals surface area contributed by atoms with E-state index in [1.165, 1.54) is 19.2 Å². The Hall–Kier alpha value is -3.40. The molecule has 1 aromatic carbocycles. The molecule has 10 nitrogen and oxygen atoms in total. The molecule has 2 heterocycles. The number of nitrogens with one attached hydrogen (secondary N) is 1. The number of morpholine rings is 1. The van der Waals surface area contributed by atoms with Crippen molar-refractivity contribution in [2.45, 2.75) is 39.5 Å². The molecule has 1 fully saturated rings. The van der Waals surface area contributed by atoms with E-state index in [4.69, 9.17) is 9.47 Å². The predicted octanol–water partition coefficient (Wildman–Crippen LogP) is 2.77. The number of phenols is 1. The summed E-state index contributed by atoms with van der Waals surface area (Å²) in [4.78, 5) is 39.8. The van der Waals surface area contributed by atoms with Gasteiger partial charge in [0, 0.05) is 54.0 Å². The van der Waals surface area contributed by atoms with Crippen LogP contribution in [0.3, 0.4) is 0 Å². The lowest BCUT2D eigenvalue weighted by atomic mass is 9.68. The van der Waals surface area contributed by atoms with Crippen molar-refractivity contribution in [3.05, 3.63) is 50.4 Å². The van der Waals surface area contributed by atoms with Crippen molar-refractivity contribution in [1.29, 1.82) is 0 Å². The number of dihydropyridines is 1. The van der Waals surface area contributed by atoms with E-state index in [-0.39, 0.29) is 22.9 Å². The number of methoxy groups -OCH3 is 1. The monoisotopic (exact) mass is 471 g/mol. The molecule has 34 heavy (non-hydrogen) atoms. The quantitative estimate of drug-likeness (QED) is 0.506. The number of ketones is 1. The molecular formula is C24H29N3O7. The van der Waals surface area contributed by atoms with Crippen molar-refractivity contribution in [1.82, 2.24) is 10.2 Å². The van der Waals surface area contributed by atoms with Gasteiger partial charge in [0.2, 0.25) is 5.75 Å². The molecule has 1 atom stereocenters. The number of amides is 1. The van der Waals surface area contributed by atoms with Crippen molar-refractivity contribution in [2.75, 3.05) is 33.4 Å². The van der Waals surface area contributed by atoms with Gasteiger partial charge in [-0.15, -0.1) is 0 Å². The summed E-state index contributed by atoms with van der Waals surface area (Å²) < 4.78 is 10.6. The molecule has 0 saturated carbocycles. The van der Waals surface area contributed by atoms with Crippen LogP contribution < -0.4 is 10.1 Å². The van der Waals surface area contributed by atoms with Gasteiger partial charge >= 0.3 is 5.69 Å². The molecule has 0 bridgehead atoms. The number of ether oxygens (including phenoxy) is 2. The molecule has 2 aliphatic heterocycles. The van der Waals surface area contributed by atoms with Gasteiger partial charge in [-0.05, 0) is 30.4 Å². The first kappa shape index (κ1) is 23.7. The van der Waals surface area contributed by atoms with Gasteiger partial charge in [0.15, 0.2) is 11.5 Å². The van der Waals surface area contributed by atoms with Crippen LogP contribution in [-0.4, -0.2) is 60.0 Å². The molecule has 1 aromatic rings. The fourth-order valence-electron chi connectivity index (χ4n) is 5.06. The lowest BCUT2D eigenvalue weighted by Crippen LogP contribution is -2.45. The molecule has 1 amide bonds. The number of hydrogen-bond donors (Lipinski definition) is 2. The maximum atomic E-state index is 13.7. The van der Waals surface area contributed by atoms with E-state index in [2.05, 4.69) is 5.32 Å². The molecule has 4 rings (SSSR count). The number of rotatable bonds is 4. The minimum absolute atomic E-state index is 0.0932. The molecule has 0 spiro atoms. The van der Waals surface area contributed by atoms with E-state index < -0.39 is 22.3 Å². The Morgan fingerprint density at radius 1 is 1.29 bits per heavy atom. The number of benzene rings is 1. The minimum atomic E-state index is -0.830. The third-order valence-corrected chi connectivity index (χ3v) is 6.60. The Balaban J connectivity index is 1.93. The van der Waals surface area contributed by atoms with E-state index in [0.717, 1.165) is 5.70 Å². The first-order valence-corrected chi connectivity index (χ1v) is 11.2. The van der Waals surface area contributed by atoms with Gasteiger partial charge in [0.1, 0.15) is 0 Å². The number of nitrogens with zero attached hydrogens (tertiary/aromatic N) is 2. The summed E-state index contributed by atoms with van der Waals surface area (Å²) in [5.41, 5.74) is 1.64. The number of Topliss-reactive ketones (excluding diaryl/α,β-unsaturated/α-hetero) is 1. The molecule has 2 N–H and O–H groups in total. The van der Waals surface area contributed by atoms with Crippen LogP contribution in [0.5, 0.6) is 11.5 Å². The van der Waals surface area contributed by atoms with Gasteiger partial charge < -0.3 is 24.8 Å². The highest BCUT2D eigenvalue weighted by Gasteiger charge is 2.44. The second kappa shape index (κ2) is 8.75. The van der Waals surface area contributed by atoms with E-state index in [9.17, 15) is 24.8 Å². The standard InChI is InChI=1S/C24H29N3O7/c1-13-19(23(30)26-5-7-34-8-6-26)20(21-15(25-13)11-24(2,3)12-17(21)28)14-9-16(27(31)32)22(29)18(10-14)33-4/h9-10,20,25,29H,5-8,11-12H2,1-4H3/t20-/m1/s1. The number of nitro benzene ring substituents is 1. The minimum Gasteiger partial charge on any atom is -0.500 e. The van der Waals surface area contributed by atoms with Crippen molar-refractivity contribution < 1.29 is 29.1 Å². The summed E-state index contributed by atoms with van der Waals surface area (Å²) >= 11 is 0. The molecule has 0 radical (unpaired) electrons. The van der Waals surface area contributed by atoms with E-state index in [1.54, 1.807) is 11.8 Å². The predicted molar refractivity (Wildman–Crippen MR) is 122 cm³/mol. The maximum absolute atomic E-state index is 13.7. The van der Waals surface area contributed by atoms with Gasteiger partial charge in [-0.3, -0.25) is 19.7 Å². The summed E-state index contributed by atoms with van der Waals surface area (Å²) in [5, 5.41) is 25.3. The summed E-state index contributed by atoms with van der Waals surface area (Å²) in [6.45, 7) is 7.44. The number of phenolic OH excluding ortho intramolecular Hbond substituents is 1. The molecule has 182 valence electrons. The fourth-order valence-corrected chi connectivity index (χ4v) is 5.06. The Morgan fingerprint density at radius 3 is 2.59 bits per heavy atom. The number of nitro groups is 1. The summed E-state index contributed by atoms with van der Waals surface area (Å²) in [5.74, 6) is -1.89. The highest BCUT2D eigenvalue weighted by Crippen LogP contribution is 2.49. The Labute approximate surface area is 197 Å². The second-order valence-corrected chi connectivity index (χ2v) is 9.68. The van der Waals surface area contributed by atoms with Crippen LogP contribution in [0.25, 0.3) is 0 Å². The second-order valence-electron chi connectivity index (χ2n) is 9.68. The van der Waals surface area contributed by atoms with E-state index in [0.29, 0.717) is 61.6 Å². The zero-order chi connectivity index (χ0) is 24.8. The van der Waals surface area contributed by atoms with Gasteiger partial charge in [-0.25, -0.2) is 0 Å². The molecule has 10 heteroatoms. The highest BCUT2D eigenvalue weighted by molar-refractivity contribution is 6.05. The molecule has 3 aliphatic rings. The van der Waals surface area contributed by atoms with Gasteiger partial charge in [0.05, 0.1) is 25.2 Å². The van der Waals surface area contributed by atoms with Crippen LogP contribution in [0, 0.1) is 15.5 Å². The Kier molecular flexibility index (Phi) is 6.11. The lowest BCUT2D eigenvalue weighted by molar-refractivity contribution is -0.386. The third-order valence-electron chi connectivity index (χ3n) is 6.60. The molecule has 1 saturated heterocycles. The zero-order valence-electron chi connectivity index (χ0n) is 19.8. The van der Waals surface area contributed by atoms with E-state index in [1.807, 2.05) is 13.8 Å². The lowest BCUT2D eigenvalue weighted by Gasteiger charge is -2.41. The summed E-state index contributed by atoms with van der Waals surface area (Å²) in [6.07, 6.45) is 0.887. The van der Waals surface area contributed by atoms with Crippen LogP contribution >= 0.6 is 0 Å². The Morgan fingerprint density at radius 2 is 1.97 bits per heavy atom. The van der Waals surface area contributed by atoms with Crippen molar-refractivity contribution in [3.63, 3.8) is 0 Å². The summed E-state index contributed by atoms with van der Waals surface area (Å²) in [6, 6.07) is 2.70.